The highest BCUT2D eigenvalue weighted by molar-refractivity contribution is 5.85. The molecule has 0 rings (SSSR count). The Kier molecular flexibility index (Phi) is 31.5. The summed E-state index contributed by atoms with van der Waals surface area (Å²) in [6, 6.07) is 0.821. The zero-order valence-corrected chi connectivity index (χ0v) is 23.9. The van der Waals surface area contributed by atoms with Crippen molar-refractivity contribution in [2.75, 3.05) is 14.1 Å². The Labute approximate surface area is 211 Å². The average Bonchev–Trinajstić information content (AvgIpc) is 2.76. The van der Waals surface area contributed by atoms with Gasteiger partial charge in [-0.25, -0.2) is 0 Å². The van der Waals surface area contributed by atoms with Gasteiger partial charge >= 0.3 is 0 Å². The van der Waals surface area contributed by atoms with Gasteiger partial charge in [-0.1, -0.05) is 162 Å². The molecule has 1 atom stereocenters. The first-order valence-corrected chi connectivity index (χ1v) is 14.9. The molecule has 0 saturated heterocycles. The van der Waals surface area contributed by atoms with Crippen molar-refractivity contribution in [3.8, 4) is 0 Å². The van der Waals surface area contributed by atoms with Gasteiger partial charge in [0.05, 0.1) is 0 Å². The Balaban J connectivity index is 0. The second-order valence-corrected chi connectivity index (χ2v) is 10.6. The number of rotatable bonds is 26. The molecule has 0 amide bonds. The number of halogens is 1. The lowest BCUT2D eigenvalue weighted by Crippen LogP contribution is -2.27. The lowest BCUT2D eigenvalue weighted by molar-refractivity contribution is 0.251. The quantitative estimate of drug-likeness (QED) is 0.113. The maximum absolute atomic E-state index is 2.49. The lowest BCUT2D eigenvalue weighted by atomic mass is 9.99. The molecule has 1 nitrogen and oxygen atoms in total. The van der Waals surface area contributed by atoms with Crippen molar-refractivity contribution in [2.24, 2.45) is 0 Å². The predicted molar refractivity (Wildman–Crippen MR) is 151 cm³/mol. The van der Waals surface area contributed by atoms with Crippen LogP contribution in [0.25, 0.3) is 0 Å². The molecule has 0 N–H and O–H groups in total. The van der Waals surface area contributed by atoms with E-state index in [0.29, 0.717) is 0 Å². The molecule has 0 aliphatic carbocycles. The Morgan fingerprint density at radius 2 is 0.594 bits per heavy atom. The van der Waals surface area contributed by atoms with Gasteiger partial charge in [0.2, 0.25) is 0 Å². The van der Waals surface area contributed by atoms with Crippen LogP contribution in [0, 0.1) is 0 Å². The third-order valence-electron chi connectivity index (χ3n) is 7.26. The van der Waals surface area contributed by atoms with Crippen LogP contribution in [0.1, 0.15) is 174 Å². The first kappa shape index (κ1) is 34.4. The fourth-order valence-corrected chi connectivity index (χ4v) is 4.93. The van der Waals surface area contributed by atoms with Gasteiger partial charge in [-0.2, -0.15) is 0 Å². The Hall–Kier alpha value is 0.250. The molecule has 32 heavy (non-hydrogen) atoms. The molecule has 0 aliphatic rings. The summed E-state index contributed by atoms with van der Waals surface area (Å²) in [5.74, 6) is 0. The normalized spacial score (nSPS) is 12.3. The largest absolute Gasteiger partial charge is 0.306 e. The maximum Gasteiger partial charge on any atom is 0.00891 e. The smallest absolute Gasteiger partial charge is 0.00891 e. The third kappa shape index (κ3) is 26.5. The van der Waals surface area contributed by atoms with Crippen molar-refractivity contribution < 1.29 is 0 Å². The highest BCUT2D eigenvalue weighted by Gasteiger charge is 2.10. The molecular formula is C30H64ClN. The van der Waals surface area contributed by atoms with Crippen molar-refractivity contribution in [2.45, 2.75) is 180 Å². The van der Waals surface area contributed by atoms with Crippen molar-refractivity contribution >= 4 is 12.4 Å². The molecule has 0 aliphatic heterocycles. The minimum absolute atomic E-state index is 0. The van der Waals surface area contributed by atoms with Crippen molar-refractivity contribution in [3.05, 3.63) is 0 Å². The number of hydrogen-bond donors (Lipinski definition) is 0. The SMILES string of the molecule is CCCCCCCCCCCCCCCCCC(CCCCCCCCCC)N(C)C.Cl. The van der Waals surface area contributed by atoms with E-state index in [1.54, 1.807) is 0 Å². The number of hydrogen-bond acceptors (Lipinski definition) is 1. The molecule has 0 fully saturated rings. The van der Waals surface area contributed by atoms with Gasteiger partial charge in [0.25, 0.3) is 0 Å². The molecule has 0 aromatic rings. The predicted octanol–water partition coefficient (Wildman–Crippen LogP) is 11.1. The van der Waals surface area contributed by atoms with E-state index >= 15 is 0 Å². The van der Waals surface area contributed by atoms with Gasteiger partial charge in [0.15, 0.2) is 0 Å². The van der Waals surface area contributed by atoms with Crippen LogP contribution in [-0.2, 0) is 0 Å². The summed E-state index contributed by atoms with van der Waals surface area (Å²) >= 11 is 0. The molecule has 0 radical (unpaired) electrons. The molecule has 0 aromatic carbocycles. The standard InChI is InChI=1S/C30H63N.ClH/c1-5-7-9-11-13-15-16-17-18-19-20-21-23-25-27-29-30(31(3)4)28-26-24-22-14-12-10-8-6-2;/h30H,5-29H2,1-4H3;1H. The van der Waals surface area contributed by atoms with Crippen LogP contribution < -0.4 is 0 Å². The minimum Gasteiger partial charge on any atom is -0.306 e. The van der Waals surface area contributed by atoms with Crippen LogP contribution in [0.5, 0.6) is 0 Å². The first-order valence-electron chi connectivity index (χ1n) is 14.9. The van der Waals surface area contributed by atoms with Crippen LogP contribution >= 0.6 is 12.4 Å². The van der Waals surface area contributed by atoms with Gasteiger partial charge in [-0.3, -0.25) is 0 Å². The summed E-state index contributed by atoms with van der Waals surface area (Å²) in [7, 11) is 4.58. The van der Waals surface area contributed by atoms with Gasteiger partial charge in [0, 0.05) is 6.04 Å². The second kappa shape index (κ2) is 29.3. The minimum atomic E-state index is 0. The van der Waals surface area contributed by atoms with Crippen LogP contribution in [-0.4, -0.2) is 25.0 Å². The summed E-state index contributed by atoms with van der Waals surface area (Å²) in [5.41, 5.74) is 0. The Morgan fingerprint density at radius 3 is 0.812 bits per heavy atom. The summed E-state index contributed by atoms with van der Waals surface area (Å²) in [6.45, 7) is 4.61. The molecule has 1 unspecified atom stereocenters. The molecule has 2 heteroatoms. The van der Waals surface area contributed by atoms with Gasteiger partial charge in [-0.05, 0) is 26.9 Å². The van der Waals surface area contributed by atoms with Gasteiger partial charge in [-0.15, -0.1) is 12.4 Å². The monoisotopic (exact) mass is 473 g/mol. The summed E-state index contributed by atoms with van der Waals surface area (Å²) in [6.07, 6.45) is 36.3. The fourth-order valence-electron chi connectivity index (χ4n) is 4.93. The van der Waals surface area contributed by atoms with E-state index < -0.39 is 0 Å². The lowest BCUT2D eigenvalue weighted by Gasteiger charge is -2.24. The van der Waals surface area contributed by atoms with E-state index in [1.165, 1.54) is 161 Å². The molecule has 0 bridgehead atoms. The Bertz CT molecular complexity index is 318. The molecule has 196 valence electrons. The zero-order valence-electron chi connectivity index (χ0n) is 23.1. The summed E-state index contributed by atoms with van der Waals surface area (Å²) in [4.78, 5) is 2.49. The van der Waals surface area contributed by atoms with Crippen molar-refractivity contribution in [3.63, 3.8) is 0 Å². The van der Waals surface area contributed by atoms with E-state index in [4.69, 9.17) is 0 Å². The summed E-state index contributed by atoms with van der Waals surface area (Å²) in [5, 5.41) is 0. The van der Waals surface area contributed by atoms with E-state index in [1.807, 2.05) is 0 Å². The van der Waals surface area contributed by atoms with Crippen LogP contribution in [0.4, 0.5) is 0 Å². The molecule has 0 spiro atoms. The van der Waals surface area contributed by atoms with Crippen LogP contribution in [0.3, 0.4) is 0 Å². The average molecular weight is 474 g/mol. The van der Waals surface area contributed by atoms with E-state index in [0.717, 1.165) is 6.04 Å². The molecule has 0 heterocycles. The highest BCUT2D eigenvalue weighted by atomic mass is 35.5. The summed E-state index contributed by atoms with van der Waals surface area (Å²) < 4.78 is 0. The molecular weight excluding hydrogens is 410 g/mol. The first-order chi connectivity index (χ1) is 15.2. The van der Waals surface area contributed by atoms with Crippen LogP contribution in [0.15, 0.2) is 0 Å². The van der Waals surface area contributed by atoms with Gasteiger partial charge in [0.1, 0.15) is 0 Å². The van der Waals surface area contributed by atoms with E-state index in [9.17, 15) is 0 Å². The number of nitrogens with zero attached hydrogens (tertiary/aromatic N) is 1. The second-order valence-electron chi connectivity index (χ2n) is 10.6. The van der Waals surface area contributed by atoms with E-state index in [-0.39, 0.29) is 12.4 Å². The molecule has 0 saturated carbocycles. The fraction of sp³-hybridized carbons (Fsp3) is 1.00. The maximum atomic E-state index is 2.49. The zero-order chi connectivity index (χ0) is 22.8. The van der Waals surface area contributed by atoms with Crippen LogP contribution in [0.2, 0.25) is 0 Å². The third-order valence-corrected chi connectivity index (χ3v) is 7.26. The topological polar surface area (TPSA) is 3.24 Å². The van der Waals surface area contributed by atoms with Crippen molar-refractivity contribution in [1.29, 1.82) is 0 Å². The number of unbranched alkanes of at least 4 members (excludes halogenated alkanes) is 21. The van der Waals surface area contributed by atoms with E-state index in [2.05, 4.69) is 32.8 Å². The Morgan fingerprint density at radius 1 is 0.375 bits per heavy atom. The van der Waals surface area contributed by atoms with Gasteiger partial charge < -0.3 is 4.90 Å². The highest BCUT2D eigenvalue weighted by Crippen LogP contribution is 2.18. The molecule has 0 aromatic heterocycles. The van der Waals surface area contributed by atoms with Crippen molar-refractivity contribution in [1.82, 2.24) is 4.90 Å².